The van der Waals surface area contributed by atoms with Crippen LogP contribution in [0, 0.1) is 5.92 Å². The number of nitrogens with zero attached hydrogens (tertiary/aromatic N) is 2. The van der Waals surface area contributed by atoms with E-state index in [0.29, 0.717) is 11.8 Å². The maximum absolute atomic E-state index is 5.62. The molecule has 1 aromatic carbocycles. The molecule has 0 N–H and O–H groups in total. The van der Waals surface area contributed by atoms with Gasteiger partial charge in [-0.05, 0) is 55.2 Å². The molecule has 0 bridgehead atoms. The molecule has 1 fully saturated rings. The molecule has 3 heteroatoms. The number of benzene rings is 1. The first kappa shape index (κ1) is 15.3. The van der Waals surface area contributed by atoms with E-state index in [1.807, 2.05) is 6.92 Å². The third-order valence-corrected chi connectivity index (χ3v) is 4.94. The average molecular weight is 298 g/mol. The van der Waals surface area contributed by atoms with Crippen molar-refractivity contribution in [2.24, 2.45) is 5.92 Å². The fraction of sp³-hybridized carbons (Fsp3) is 0.579. The normalized spacial score (nSPS) is 21.9. The van der Waals surface area contributed by atoms with E-state index in [4.69, 9.17) is 4.42 Å². The molecule has 118 valence electrons. The summed E-state index contributed by atoms with van der Waals surface area (Å²) in [5.41, 5.74) is 2.49. The second-order valence-electron chi connectivity index (χ2n) is 6.48. The molecule has 1 heterocycles. The third kappa shape index (κ3) is 3.40. The van der Waals surface area contributed by atoms with Crippen molar-refractivity contribution in [2.45, 2.75) is 64.7 Å². The molecule has 0 aliphatic heterocycles. The average Bonchev–Trinajstić information content (AvgIpc) is 3.05. The molecule has 0 atom stereocenters. The lowest BCUT2D eigenvalue weighted by Crippen LogP contribution is -2.13. The predicted octanol–water partition coefficient (Wildman–Crippen LogP) is 5.37. The summed E-state index contributed by atoms with van der Waals surface area (Å²) in [5, 5.41) is 8.15. The molecular formula is C19H26N2O. The fourth-order valence-corrected chi connectivity index (χ4v) is 3.60. The number of rotatable bonds is 5. The predicted molar refractivity (Wildman–Crippen MR) is 88.7 cm³/mol. The lowest BCUT2D eigenvalue weighted by Gasteiger charge is -2.28. The minimum absolute atomic E-state index is 0.634. The number of aryl methyl sites for hydroxylation is 1. The van der Waals surface area contributed by atoms with E-state index in [-0.39, 0.29) is 0 Å². The second-order valence-corrected chi connectivity index (χ2v) is 6.48. The Kier molecular flexibility index (Phi) is 4.91. The monoisotopic (exact) mass is 298 g/mol. The van der Waals surface area contributed by atoms with Crippen LogP contribution < -0.4 is 0 Å². The molecule has 1 aliphatic carbocycles. The van der Waals surface area contributed by atoms with E-state index in [1.54, 1.807) is 0 Å². The molecular weight excluding hydrogens is 272 g/mol. The summed E-state index contributed by atoms with van der Waals surface area (Å²) in [6.45, 7) is 4.32. The van der Waals surface area contributed by atoms with Crippen molar-refractivity contribution < 1.29 is 4.42 Å². The summed E-state index contributed by atoms with van der Waals surface area (Å²) >= 11 is 0. The van der Waals surface area contributed by atoms with E-state index in [0.717, 1.165) is 23.8 Å². The van der Waals surface area contributed by atoms with Gasteiger partial charge in [0.1, 0.15) is 0 Å². The topological polar surface area (TPSA) is 38.9 Å². The maximum atomic E-state index is 5.62. The van der Waals surface area contributed by atoms with Crippen molar-refractivity contribution >= 4 is 0 Å². The summed E-state index contributed by atoms with van der Waals surface area (Å²) in [4.78, 5) is 0. The lowest BCUT2D eigenvalue weighted by atomic mass is 9.77. The van der Waals surface area contributed by atoms with Crippen LogP contribution in [0.15, 0.2) is 28.7 Å². The van der Waals surface area contributed by atoms with Gasteiger partial charge >= 0.3 is 0 Å². The van der Waals surface area contributed by atoms with Crippen LogP contribution in [0.3, 0.4) is 0 Å². The first-order valence-corrected chi connectivity index (χ1v) is 8.72. The van der Waals surface area contributed by atoms with Gasteiger partial charge in [0.25, 0.3) is 0 Å². The number of hydrogen-bond donors (Lipinski definition) is 0. The molecule has 3 nitrogen and oxygen atoms in total. The molecule has 22 heavy (non-hydrogen) atoms. The second kappa shape index (κ2) is 7.08. The van der Waals surface area contributed by atoms with Gasteiger partial charge in [0.15, 0.2) is 0 Å². The molecule has 0 radical (unpaired) electrons. The molecule has 0 saturated heterocycles. The molecule has 0 spiro atoms. The summed E-state index contributed by atoms with van der Waals surface area (Å²) in [6.07, 6.45) is 8.98. The Labute approximate surface area is 133 Å². The summed E-state index contributed by atoms with van der Waals surface area (Å²) in [5.74, 6) is 3.03. The van der Waals surface area contributed by atoms with Crippen LogP contribution in [0.2, 0.25) is 0 Å². The van der Waals surface area contributed by atoms with Crippen molar-refractivity contribution in [2.75, 3.05) is 0 Å². The first-order chi connectivity index (χ1) is 10.8. The Bertz CT molecular complexity index is 580. The van der Waals surface area contributed by atoms with Crippen molar-refractivity contribution in [3.05, 3.63) is 35.7 Å². The Morgan fingerprint density at radius 2 is 1.73 bits per heavy atom. The van der Waals surface area contributed by atoms with E-state index in [2.05, 4.69) is 41.4 Å². The van der Waals surface area contributed by atoms with Gasteiger partial charge in [0, 0.05) is 12.0 Å². The first-order valence-electron chi connectivity index (χ1n) is 8.72. The molecule has 0 amide bonds. The standard InChI is InChI=1S/C19H26N2O/c1-3-5-14-6-8-15(9-7-14)16-10-12-17(13-11-16)19-21-20-18(4-2)22-19/h10-15H,3-9H2,1-2H3. The van der Waals surface area contributed by atoms with Gasteiger partial charge in [0.05, 0.1) is 0 Å². The van der Waals surface area contributed by atoms with Gasteiger partial charge in [0.2, 0.25) is 11.8 Å². The zero-order chi connectivity index (χ0) is 15.4. The molecule has 1 aliphatic rings. The molecule has 1 aromatic heterocycles. The van der Waals surface area contributed by atoms with Crippen molar-refractivity contribution in [3.63, 3.8) is 0 Å². The summed E-state index contributed by atoms with van der Waals surface area (Å²) in [6, 6.07) is 8.74. The van der Waals surface area contributed by atoms with Crippen LogP contribution in [-0.4, -0.2) is 10.2 Å². The van der Waals surface area contributed by atoms with Crippen LogP contribution in [0.5, 0.6) is 0 Å². The highest BCUT2D eigenvalue weighted by atomic mass is 16.4. The Hall–Kier alpha value is -1.64. The fourth-order valence-electron chi connectivity index (χ4n) is 3.60. The minimum atomic E-state index is 0.634. The number of hydrogen-bond acceptors (Lipinski definition) is 3. The quantitative estimate of drug-likeness (QED) is 0.744. The zero-order valence-electron chi connectivity index (χ0n) is 13.7. The molecule has 2 aromatic rings. The van der Waals surface area contributed by atoms with Crippen LogP contribution in [0.25, 0.3) is 11.5 Å². The SMILES string of the molecule is CCCC1CCC(c2ccc(-c3nnc(CC)o3)cc2)CC1. The Balaban J connectivity index is 1.64. The maximum Gasteiger partial charge on any atom is 0.247 e. The van der Waals surface area contributed by atoms with Crippen molar-refractivity contribution in [1.82, 2.24) is 10.2 Å². The summed E-state index contributed by atoms with van der Waals surface area (Å²) < 4.78 is 5.62. The largest absolute Gasteiger partial charge is 0.421 e. The Morgan fingerprint density at radius 1 is 1.00 bits per heavy atom. The smallest absolute Gasteiger partial charge is 0.247 e. The van der Waals surface area contributed by atoms with Gasteiger partial charge in [-0.15, -0.1) is 10.2 Å². The third-order valence-electron chi connectivity index (χ3n) is 4.94. The van der Waals surface area contributed by atoms with E-state index < -0.39 is 0 Å². The van der Waals surface area contributed by atoms with E-state index in [9.17, 15) is 0 Å². The highest BCUT2D eigenvalue weighted by molar-refractivity contribution is 5.53. The van der Waals surface area contributed by atoms with E-state index in [1.165, 1.54) is 44.1 Å². The minimum Gasteiger partial charge on any atom is -0.421 e. The van der Waals surface area contributed by atoms with Crippen molar-refractivity contribution in [3.8, 4) is 11.5 Å². The van der Waals surface area contributed by atoms with Gasteiger partial charge in [-0.3, -0.25) is 0 Å². The lowest BCUT2D eigenvalue weighted by molar-refractivity contribution is 0.308. The van der Waals surface area contributed by atoms with Gasteiger partial charge < -0.3 is 4.42 Å². The van der Waals surface area contributed by atoms with Crippen LogP contribution in [0.4, 0.5) is 0 Å². The molecule has 1 saturated carbocycles. The Morgan fingerprint density at radius 3 is 2.32 bits per heavy atom. The van der Waals surface area contributed by atoms with Gasteiger partial charge in [-0.25, -0.2) is 0 Å². The van der Waals surface area contributed by atoms with Crippen LogP contribution >= 0.6 is 0 Å². The highest BCUT2D eigenvalue weighted by Crippen LogP contribution is 2.37. The van der Waals surface area contributed by atoms with E-state index >= 15 is 0 Å². The zero-order valence-corrected chi connectivity index (χ0v) is 13.7. The molecule has 0 unspecified atom stereocenters. The van der Waals surface area contributed by atoms with Gasteiger partial charge in [-0.2, -0.15) is 0 Å². The summed E-state index contributed by atoms with van der Waals surface area (Å²) in [7, 11) is 0. The van der Waals surface area contributed by atoms with Crippen LogP contribution in [-0.2, 0) is 6.42 Å². The van der Waals surface area contributed by atoms with Crippen molar-refractivity contribution in [1.29, 1.82) is 0 Å². The highest BCUT2D eigenvalue weighted by Gasteiger charge is 2.21. The van der Waals surface area contributed by atoms with Crippen LogP contribution in [0.1, 0.15) is 69.7 Å². The molecule has 3 rings (SSSR count). The van der Waals surface area contributed by atoms with Gasteiger partial charge in [-0.1, -0.05) is 38.8 Å². The number of aromatic nitrogens is 2.